The summed E-state index contributed by atoms with van der Waals surface area (Å²) in [6.07, 6.45) is 2.15. The molecule has 1 aromatic carbocycles. The summed E-state index contributed by atoms with van der Waals surface area (Å²) in [5.41, 5.74) is 1.12. The Balaban J connectivity index is 2.20. The predicted octanol–water partition coefficient (Wildman–Crippen LogP) is 2.14. The van der Waals surface area contributed by atoms with Gasteiger partial charge < -0.3 is 19.5 Å². The van der Waals surface area contributed by atoms with Gasteiger partial charge >= 0.3 is 0 Å². The molecular weight excluding hydrogens is 230 g/mol. The normalized spacial score (nSPS) is 23.7. The molecule has 0 saturated carbocycles. The highest BCUT2D eigenvalue weighted by atomic mass is 16.5. The van der Waals surface area contributed by atoms with Gasteiger partial charge in [0.05, 0.1) is 20.3 Å². The summed E-state index contributed by atoms with van der Waals surface area (Å²) in [6.45, 7) is 0.787. The first-order valence-electron chi connectivity index (χ1n) is 6.28. The van der Waals surface area contributed by atoms with Crippen molar-refractivity contribution in [1.29, 1.82) is 0 Å². The minimum Gasteiger partial charge on any atom is -0.497 e. The second-order valence-electron chi connectivity index (χ2n) is 4.52. The third kappa shape index (κ3) is 2.94. The highest BCUT2D eigenvalue weighted by molar-refractivity contribution is 5.39. The second kappa shape index (κ2) is 6.07. The molecule has 1 aliphatic heterocycles. The first kappa shape index (κ1) is 13.2. The van der Waals surface area contributed by atoms with E-state index in [1.807, 2.05) is 25.2 Å². The van der Waals surface area contributed by atoms with Crippen LogP contribution in [0.3, 0.4) is 0 Å². The van der Waals surface area contributed by atoms with Gasteiger partial charge in [-0.25, -0.2) is 0 Å². The van der Waals surface area contributed by atoms with Crippen molar-refractivity contribution < 1.29 is 14.2 Å². The van der Waals surface area contributed by atoms with Gasteiger partial charge in [-0.1, -0.05) is 0 Å². The standard InChI is InChI=1S/C14H21NO3/c1-15-11-4-5-18-14(8-11)10-6-12(16-2)9-13(7-10)17-3/h6-7,9,11,14-15H,4-5,8H2,1-3H3. The van der Waals surface area contributed by atoms with Crippen molar-refractivity contribution in [1.82, 2.24) is 5.32 Å². The van der Waals surface area contributed by atoms with Gasteiger partial charge in [-0.15, -0.1) is 0 Å². The van der Waals surface area contributed by atoms with E-state index in [2.05, 4.69) is 5.32 Å². The maximum absolute atomic E-state index is 5.84. The number of ether oxygens (including phenoxy) is 3. The minimum atomic E-state index is 0.111. The second-order valence-corrected chi connectivity index (χ2v) is 4.52. The van der Waals surface area contributed by atoms with Gasteiger partial charge in [-0.2, -0.15) is 0 Å². The zero-order chi connectivity index (χ0) is 13.0. The van der Waals surface area contributed by atoms with Gasteiger partial charge in [-0.05, 0) is 37.6 Å². The van der Waals surface area contributed by atoms with Crippen molar-refractivity contribution >= 4 is 0 Å². The third-order valence-corrected chi connectivity index (χ3v) is 3.44. The van der Waals surface area contributed by atoms with E-state index in [1.165, 1.54) is 0 Å². The van der Waals surface area contributed by atoms with Crippen LogP contribution in [0.25, 0.3) is 0 Å². The molecule has 0 aromatic heterocycles. The lowest BCUT2D eigenvalue weighted by Crippen LogP contribution is -2.33. The fourth-order valence-corrected chi connectivity index (χ4v) is 2.31. The summed E-state index contributed by atoms with van der Waals surface area (Å²) in [5, 5.41) is 3.32. The van der Waals surface area contributed by atoms with Crippen molar-refractivity contribution in [2.45, 2.75) is 25.0 Å². The van der Waals surface area contributed by atoms with Crippen LogP contribution in [-0.2, 0) is 4.74 Å². The van der Waals surface area contributed by atoms with Gasteiger partial charge in [0.25, 0.3) is 0 Å². The molecule has 4 nitrogen and oxygen atoms in total. The fourth-order valence-electron chi connectivity index (χ4n) is 2.31. The average Bonchev–Trinajstić information content (AvgIpc) is 2.46. The quantitative estimate of drug-likeness (QED) is 0.890. The Morgan fingerprint density at radius 3 is 2.39 bits per heavy atom. The van der Waals surface area contributed by atoms with Crippen LogP contribution in [0.5, 0.6) is 11.5 Å². The number of benzene rings is 1. The van der Waals surface area contributed by atoms with Crippen LogP contribution in [0.4, 0.5) is 0 Å². The van der Waals surface area contributed by atoms with Crippen molar-refractivity contribution in [3.63, 3.8) is 0 Å². The number of hydrogen-bond acceptors (Lipinski definition) is 4. The summed E-state index contributed by atoms with van der Waals surface area (Å²) in [4.78, 5) is 0. The lowest BCUT2D eigenvalue weighted by molar-refractivity contribution is 0.00134. The van der Waals surface area contributed by atoms with E-state index in [1.54, 1.807) is 14.2 Å². The lowest BCUT2D eigenvalue weighted by atomic mass is 9.97. The number of nitrogens with one attached hydrogen (secondary N) is 1. The molecule has 1 aliphatic rings. The first-order valence-corrected chi connectivity index (χ1v) is 6.28. The molecule has 1 heterocycles. The topological polar surface area (TPSA) is 39.7 Å². The molecule has 1 N–H and O–H groups in total. The highest BCUT2D eigenvalue weighted by Gasteiger charge is 2.23. The monoisotopic (exact) mass is 251 g/mol. The van der Waals surface area contributed by atoms with E-state index in [0.29, 0.717) is 6.04 Å². The smallest absolute Gasteiger partial charge is 0.122 e. The van der Waals surface area contributed by atoms with Gasteiger partial charge in [0, 0.05) is 18.7 Å². The van der Waals surface area contributed by atoms with Crippen LogP contribution >= 0.6 is 0 Å². The molecule has 0 aliphatic carbocycles. The molecule has 0 bridgehead atoms. The molecule has 2 unspecified atom stereocenters. The van der Waals surface area contributed by atoms with Crippen molar-refractivity contribution in [3.8, 4) is 11.5 Å². The average molecular weight is 251 g/mol. The van der Waals surface area contributed by atoms with E-state index < -0.39 is 0 Å². The summed E-state index contributed by atoms with van der Waals surface area (Å²) in [6, 6.07) is 6.43. The first-order chi connectivity index (χ1) is 8.76. The molecule has 1 aromatic rings. The lowest BCUT2D eigenvalue weighted by Gasteiger charge is -2.30. The van der Waals surface area contributed by atoms with E-state index >= 15 is 0 Å². The van der Waals surface area contributed by atoms with Gasteiger partial charge in [0.15, 0.2) is 0 Å². The molecule has 18 heavy (non-hydrogen) atoms. The zero-order valence-electron chi connectivity index (χ0n) is 11.2. The summed E-state index contributed by atoms with van der Waals surface area (Å²) >= 11 is 0. The Bertz CT molecular complexity index is 372. The number of rotatable bonds is 4. The van der Waals surface area contributed by atoms with Crippen LogP contribution < -0.4 is 14.8 Å². The highest BCUT2D eigenvalue weighted by Crippen LogP contribution is 2.33. The summed E-state index contributed by atoms with van der Waals surface area (Å²) < 4.78 is 16.4. The molecular formula is C14H21NO3. The minimum absolute atomic E-state index is 0.111. The molecule has 100 valence electrons. The van der Waals surface area contributed by atoms with Crippen LogP contribution in [-0.4, -0.2) is 33.9 Å². The molecule has 4 heteroatoms. The third-order valence-electron chi connectivity index (χ3n) is 3.44. The Hall–Kier alpha value is -1.26. The maximum Gasteiger partial charge on any atom is 0.122 e. The Kier molecular flexibility index (Phi) is 4.44. The molecule has 2 atom stereocenters. The molecule has 0 spiro atoms. The van der Waals surface area contributed by atoms with Crippen molar-refractivity contribution in [2.75, 3.05) is 27.9 Å². The molecule has 1 saturated heterocycles. The van der Waals surface area contributed by atoms with E-state index in [-0.39, 0.29) is 6.10 Å². The molecule has 0 radical (unpaired) electrons. The maximum atomic E-state index is 5.84. The van der Waals surface area contributed by atoms with Crippen LogP contribution in [0, 0.1) is 0 Å². The fraction of sp³-hybridized carbons (Fsp3) is 0.571. The van der Waals surface area contributed by atoms with Crippen LogP contribution in [0.15, 0.2) is 18.2 Å². The Morgan fingerprint density at radius 2 is 1.83 bits per heavy atom. The Morgan fingerprint density at radius 1 is 1.17 bits per heavy atom. The van der Waals surface area contributed by atoms with Crippen LogP contribution in [0.2, 0.25) is 0 Å². The predicted molar refractivity (Wildman–Crippen MR) is 70.3 cm³/mol. The molecule has 2 rings (SSSR count). The van der Waals surface area contributed by atoms with Crippen molar-refractivity contribution in [2.24, 2.45) is 0 Å². The summed E-state index contributed by atoms with van der Waals surface area (Å²) in [5.74, 6) is 1.61. The Labute approximate surface area is 108 Å². The summed E-state index contributed by atoms with van der Waals surface area (Å²) in [7, 11) is 5.33. The van der Waals surface area contributed by atoms with Gasteiger partial charge in [0.2, 0.25) is 0 Å². The van der Waals surface area contributed by atoms with E-state index in [0.717, 1.165) is 36.5 Å². The van der Waals surface area contributed by atoms with Crippen molar-refractivity contribution in [3.05, 3.63) is 23.8 Å². The molecule has 0 amide bonds. The van der Waals surface area contributed by atoms with Gasteiger partial charge in [-0.3, -0.25) is 0 Å². The van der Waals surface area contributed by atoms with Gasteiger partial charge in [0.1, 0.15) is 11.5 Å². The largest absolute Gasteiger partial charge is 0.497 e. The number of methoxy groups -OCH3 is 2. The van der Waals surface area contributed by atoms with Crippen LogP contribution in [0.1, 0.15) is 24.5 Å². The number of hydrogen-bond donors (Lipinski definition) is 1. The molecule has 1 fully saturated rings. The van der Waals surface area contributed by atoms with E-state index in [9.17, 15) is 0 Å². The van der Waals surface area contributed by atoms with E-state index in [4.69, 9.17) is 14.2 Å². The SMILES string of the molecule is CNC1CCOC(c2cc(OC)cc(OC)c2)C1. The zero-order valence-corrected chi connectivity index (χ0v) is 11.2.